The molecule has 0 saturated carbocycles. The molecule has 0 aliphatic rings. The summed E-state index contributed by atoms with van der Waals surface area (Å²) in [7, 11) is 0. The van der Waals surface area contributed by atoms with Gasteiger partial charge in [-0.25, -0.2) is 13.9 Å². The first-order chi connectivity index (χ1) is 12.3. The number of esters is 2. The van der Waals surface area contributed by atoms with Gasteiger partial charge in [0, 0.05) is 6.07 Å². The van der Waals surface area contributed by atoms with E-state index in [1.807, 2.05) is 0 Å². The van der Waals surface area contributed by atoms with Crippen LogP contribution in [0.2, 0.25) is 0 Å². The molecule has 0 amide bonds. The first-order valence-corrected chi connectivity index (χ1v) is 7.48. The smallest absolute Gasteiger partial charge is 0.388 e. The lowest BCUT2D eigenvalue weighted by Crippen LogP contribution is -2.26. The van der Waals surface area contributed by atoms with E-state index in [1.165, 1.54) is 26.8 Å². The second-order valence-corrected chi connectivity index (χ2v) is 6.53. The molecule has 1 aromatic heterocycles. The highest BCUT2D eigenvalue weighted by atomic mass is 19.4. The van der Waals surface area contributed by atoms with Crippen LogP contribution in [0.1, 0.15) is 42.5 Å². The molecule has 1 aromatic carbocycles. The summed E-state index contributed by atoms with van der Waals surface area (Å²) in [4.78, 5) is 24.1. The molecule has 0 aliphatic carbocycles. The Morgan fingerprint density at radius 2 is 1.81 bits per heavy atom. The van der Waals surface area contributed by atoms with Crippen LogP contribution >= 0.6 is 0 Å². The maximum atomic E-state index is 13.5. The van der Waals surface area contributed by atoms with E-state index in [2.05, 4.69) is 9.84 Å². The number of hydrogen-bond acceptors (Lipinski definition) is 5. The van der Waals surface area contributed by atoms with Crippen LogP contribution in [-0.4, -0.2) is 21.7 Å². The predicted molar refractivity (Wildman–Crippen MR) is 83.1 cm³/mol. The third kappa shape index (κ3) is 4.31. The molecule has 0 spiro atoms. The van der Waals surface area contributed by atoms with Crippen molar-refractivity contribution in [2.24, 2.45) is 5.41 Å². The number of nitriles is 1. The molecule has 0 fully saturated rings. The minimum atomic E-state index is -4.88. The molecule has 0 radical (unpaired) electrons. The van der Waals surface area contributed by atoms with Crippen molar-refractivity contribution in [2.75, 3.05) is 0 Å². The summed E-state index contributed by atoms with van der Waals surface area (Å²) in [6.07, 6.45) is -4.88. The van der Waals surface area contributed by atoms with Crippen LogP contribution in [0, 0.1) is 22.6 Å². The van der Waals surface area contributed by atoms with E-state index in [-0.39, 0.29) is 5.69 Å². The summed E-state index contributed by atoms with van der Waals surface area (Å²) in [6, 6.07) is 4.75. The fourth-order valence-corrected chi connectivity index (χ4v) is 1.88. The van der Waals surface area contributed by atoms with Gasteiger partial charge >= 0.3 is 18.1 Å². The molecule has 0 N–H and O–H groups in total. The van der Waals surface area contributed by atoms with Crippen LogP contribution in [0.4, 0.5) is 17.6 Å². The molecular weight excluding hydrogens is 370 g/mol. The van der Waals surface area contributed by atoms with Gasteiger partial charge in [-0.2, -0.15) is 23.5 Å². The van der Waals surface area contributed by atoms with E-state index in [0.29, 0.717) is 10.7 Å². The Kier molecular flexibility index (Phi) is 5.08. The SMILES string of the molecule is CC(C)(C)C(=O)OC(=O)c1cc(C(F)(F)F)nn1-c1ccc(F)c(C#N)c1. The van der Waals surface area contributed by atoms with E-state index in [9.17, 15) is 27.2 Å². The van der Waals surface area contributed by atoms with Gasteiger partial charge in [-0.05, 0) is 39.0 Å². The highest BCUT2D eigenvalue weighted by molar-refractivity contribution is 5.97. The Morgan fingerprint density at radius 3 is 2.33 bits per heavy atom. The Labute approximate surface area is 151 Å². The lowest BCUT2D eigenvalue weighted by Gasteiger charge is -2.15. The summed E-state index contributed by atoms with van der Waals surface area (Å²) in [5.41, 5.74) is -3.83. The average Bonchev–Trinajstić information content (AvgIpc) is 3.00. The highest BCUT2D eigenvalue weighted by Gasteiger charge is 2.37. The zero-order chi connectivity index (χ0) is 20.6. The van der Waals surface area contributed by atoms with Crippen molar-refractivity contribution >= 4 is 11.9 Å². The van der Waals surface area contributed by atoms with Gasteiger partial charge in [-0.15, -0.1) is 0 Å². The van der Waals surface area contributed by atoms with Crippen molar-refractivity contribution in [1.82, 2.24) is 9.78 Å². The van der Waals surface area contributed by atoms with Crippen LogP contribution in [-0.2, 0) is 15.7 Å². The van der Waals surface area contributed by atoms with Gasteiger partial charge in [-0.1, -0.05) is 0 Å². The van der Waals surface area contributed by atoms with Crippen molar-refractivity contribution in [1.29, 1.82) is 5.26 Å². The second-order valence-electron chi connectivity index (χ2n) is 6.53. The summed E-state index contributed by atoms with van der Waals surface area (Å²) in [5.74, 6) is -3.21. The largest absolute Gasteiger partial charge is 0.435 e. The summed E-state index contributed by atoms with van der Waals surface area (Å²) in [6.45, 7) is 4.38. The quantitative estimate of drug-likeness (QED) is 0.449. The van der Waals surface area contributed by atoms with Crippen LogP contribution in [0.15, 0.2) is 24.3 Å². The van der Waals surface area contributed by atoms with Crippen LogP contribution < -0.4 is 0 Å². The van der Waals surface area contributed by atoms with Crippen molar-refractivity contribution in [3.63, 3.8) is 0 Å². The van der Waals surface area contributed by atoms with Crippen molar-refractivity contribution in [3.05, 3.63) is 47.0 Å². The fourth-order valence-electron chi connectivity index (χ4n) is 1.88. The molecule has 0 aliphatic heterocycles. The molecule has 0 atom stereocenters. The minimum Gasteiger partial charge on any atom is -0.388 e. The Morgan fingerprint density at radius 1 is 1.19 bits per heavy atom. The lowest BCUT2D eigenvalue weighted by atomic mass is 9.97. The van der Waals surface area contributed by atoms with E-state index in [1.54, 1.807) is 0 Å². The maximum Gasteiger partial charge on any atom is 0.435 e. The first kappa shape index (κ1) is 20.1. The number of benzene rings is 1. The van der Waals surface area contributed by atoms with Crippen molar-refractivity contribution < 1.29 is 31.9 Å². The van der Waals surface area contributed by atoms with Gasteiger partial charge in [0.05, 0.1) is 16.7 Å². The van der Waals surface area contributed by atoms with Crippen molar-refractivity contribution in [3.8, 4) is 11.8 Å². The van der Waals surface area contributed by atoms with Gasteiger partial charge in [0.15, 0.2) is 11.4 Å². The number of hydrogen-bond donors (Lipinski definition) is 0. The second kappa shape index (κ2) is 6.83. The predicted octanol–water partition coefficient (Wildman–Crippen LogP) is 3.63. The van der Waals surface area contributed by atoms with E-state index < -0.39 is 46.3 Å². The summed E-state index contributed by atoms with van der Waals surface area (Å²) >= 11 is 0. The number of ether oxygens (including phenoxy) is 1. The third-order valence-electron chi connectivity index (χ3n) is 3.32. The van der Waals surface area contributed by atoms with Gasteiger partial charge in [0.1, 0.15) is 11.9 Å². The number of alkyl halides is 3. The molecule has 2 rings (SSSR count). The normalized spacial score (nSPS) is 11.8. The maximum absolute atomic E-state index is 13.5. The lowest BCUT2D eigenvalue weighted by molar-refractivity contribution is -0.146. The first-order valence-electron chi connectivity index (χ1n) is 7.48. The molecule has 6 nitrogen and oxygen atoms in total. The summed E-state index contributed by atoms with van der Waals surface area (Å²) < 4.78 is 57.7. The van der Waals surface area contributed by atoms with Crippen LogP contribution in [0.5, 0.6) is 0 Å². The molecule has 2 aromatic rings. The Hall–Kier alpha value is -3.22. The molecule has 0 bridgehead atoms. The number of rotatable bonds is 2. The molecule has 1 heterocycles. The van der Waals surface area contributed by atoms with Crippen molar-refractivity contribution in [2.45, 2.75) is 26.9 Å². The number of nitrogens with zero attached hydrogens (tertiary/aromatic N) is 3. The topological polar surface area (TPSA) is 85.0 Å². The monoisotopic (exact) mass is 383 g/mol. The number of aromatic nitrogens is 2. The molecule has 142 valence electrons. The van der Waals surface area contributed by atoms with Gasteiger partial charge in [-0.3, -0.25) is 4.79 Å². The molecular formula is C17H13F4N3O3. The Balaban J connectivity index is 2.57. The molecule has 0 unspecified atom stereocenters. The van der Waals surface area contributed by atoms with E-state index in [0.717, 1.165) is 18.2 Å². The van der Waals surface area contributed by atoms with E-state index >= 15 is 0 Å². The molecule has 27 heavy (non-hydrogen) atoms. The highest BCUT2D eigenvalue weighted by Crippen LogP contribution is 2.30. The van der Waals surface area contributed by atoms with Gasteiger partial charge in [0.25, 0.3) is 0 Å². The zero-order valence-corrected chi connectivity index (χ0v) is 14.4. The molecule has 10 heteroatoms. The number of carbonyl (C=O) groups is 2. The minimum absolute atomic E-state index is 0.182. The zero-order valence-electron chi connectivity index (χ0n) is 14.4. The molecule has 0 saturated heterocycles. The summed E-state index contributed by atoms with van der Waals surface area (Å²) in [5, 5.41) is 12.2. The fraction of sp³-hybridized carbons (Fsp3) is 0.294. The van der Waals surface area contributed by atoms with Gasteiger partial charge in [0.2, 0.25) is 0 Å². The standard InChI is InChI=1S/C17H13F4N3O3/c1-16(2,3)15(26)27-14(25)12-7-13(17(19,20)21)23-24(12)10-4-5-11(18)9(6-10)8-22/h4-7H,1-3H3. The Bertz CT molecular complexity index is 950. The number of halogens is 4. The van der Waals surface area contributed by atoms with Crippen LogP contribution in [0.3, 0.4) is 0 Å². The third-order valence-corrected chi connectivity index (χ3v) is 3.32. The van der Waals surface area contributed by atoms with E-state index in [4.69, 9.17) is 5.26 Å². The average molecular weight is 383 g/mol. The van der Waals surface area contributed by atoms with Gasteiger partial charge < -0.3 is 4.74 Å². The number of carbonyl (C=O) groups excluding carboxylic acids is 2. The van der Waals surface area contributed by atoms with Crippen LogP contribution in [0.25, 0.3) is 5.69 Å².